The molecule has 0 radical (unpaired) electrons. The Morgan fingerprint density at radius 2 is 1.35 bits per heavy atom. The minimum atomic E-state index is -0.0864. The van der Waals surface area contributed by atoms with E-state index in [1.165, 1.54) is 0 Å². The van der Waals surface area contributed by atoms with Gasteiger partial charge >= 0.3 is 0 Å². The summed E-state index contributed by atoms with van der Waals surface area (Å²) in [6, 6.07) is 17.2. The third-order valence-electron chi connectivity index (χ3n) is 5.57. The Balaban J connectivity index is 1.74. The van der Waals surface area contributed by atoms with Crippen molar-refractivity contribution >= 4 is 5.91 Å². The number of nitrogens with zero attached hydrogens (tertiary/aromatic N) is 4. The summed E-state index contributed by atoms with van der Waals surface area (Å²) in [7, 11) is 5.34. The molecule has 2 aromatic carbocycles. The molecule has 1 amide bonds. The van der Waals surface area contributed by atoms with Gasteiger partial charge in [0.25, 0.3) is 5.91 Å². The highest BCUT2D eigenvalue weighted by molar-refractivity contribution is 5.95. The lowest BCUT2D eigenvalue weighted by molar-refractivity contribution is 0.0657. The maximum Gasteiger partial charge on any atom is 0.274 e. The van der Waals surface area contributed by atoms with Crippen molar-refractivity contribution in [1.29, 1.82) is 0 Å². The average Bonchev–Trinajstić information content (AvgIpc) is 2.84. The summed E-state index contributed by atoms with van der Waals surface area (Å²) < 4.78 is 10.6. The Morgan fingerprint density at radius 3 is 1.90 bits per heavy atom. The second-order valence-electron chi connectivity index (χ2n) is 7.54. The molecule has 2 heterocycles. The van der Waals surface area contributed by atoms with E-state index in [1.54, 1.807) is 14.2 Å². The van der Waals surface area contributed by atoms with Gasteiger partial charge in [0.1, 0.15) is 17.2 Å². The highest BCUT2D eigenvalue weighted by Crippen LogP contribution is 2.32. The molecular weight excluding hydrogens is 392 g/mol. The van der Waals surface area contributed by atoms with Crippen molar-refractivity contribution in [1.82, 2.24) is 20.0 Å². The van der Waals surface area contributed by atoms with E-state index >= 15 is 0 Å². The quantitative estimate of drug-likeness (QED) is 0.634. The van der Waals surface area contributed by atoms with Gasteiger partial charge in [-0.3, -0.25) is 4.79 Å². The number of ether oxygens (including phenoxy) is 2. The van der Waals surface area contributed by atoms with Crippen LogP contribution < -0.4 is 9.47 Å². The van der Waals surface area contributed by atoms with Gasteiger partial charge in [-0.25, -0.2) is 0 Å². The topological polar surface area (TPSA) is 67.8 Å². The summed E-state index contributed by atoms with van der Waals surface area (Å²) >= 11 is 0. The largest absolute Gasteiger partial charge is 0.497 e. The summed E-state index contributed by atoms with van der Waals surface area (Å²) in [6.45, 7) is 3.09. The van der Waals surface area contributed by atoms with Gasteiger partial charge in [0.05, 0.1) is 14.2 Å². The van der Waals surface area contributed by atoms with E-state index in [9.17, 15) is 4.79 Å². The smallest absolute Gasteiger partial charge is 0.274 e. The zero-order valence-corrected chi connectivity index (χ0v) is 18.0. The molecule has 1 aromatic heterocycles. The van der Waals surface area contributed by atoms with Crippen LogP contribution in [0.25, 0.3) is 22.4 Å². The second-order valence-corrected chi connectivity index (χ2v) is 7.54. The van der Waals surface area contributed by atoms with Crippen molar-refractivity contribution < 1.29 is 14.3 Å². The molecule has 160 valence electrons. The number of hydrogen-bond donors (Lipinski definition) is 0. The van der Waals surface area contributed by atoms with E-state index in [1.807, 2.05) is 59.5 Å². The lowest BCUT2D eigenvalue weighted by atomic mass is 9.99. The highest BCUT2D eigenvalue weighted by Gasteiger charge is 2.23. The van der Waals surface area contributed by atoms with Crippen LogP contribution >= 0.6 is 0 Å². The van der Waals surface area contributed by atoms with Gasteiger partial charge in [0.2, 0.25) is 0 Å². The lowest BCUT2D eigenvalue weighted by Crippen LogP contribution is -2.47. The molecule has 1 saturated heterocycles. The van der Waals surface area contributed by atoms with Crippen LogP contribution in [0.2, 0.25) is 0 Å². The number of methoxy groups -OCH3 is 2. The molecule has 0 aliphatic carbocycles. The first-order valence-corrected chi connectivity index (χ1v) is 10.2. The lowest BCUT2D eigenvalue weighted by Gasteiger charge is -2.32. The van der Waals surface area contributed by atoms with E-state index in [-0.39, 0.29) is 5.91 Å². The summed E-state index contributed by atoms with van der Waals surface area (Å²) in [4.78, 5) is 17.1. The molecule has 0 atom stereocenters. The monoisotopic (exact) mass is 418 g/mol. The van der Waals surface area contributed by atoms with Crippen LogP contribution in [0.5, 0.6) is 11.5 Å². The molecule has 1 aliphatic rings. The van der Waals surface area contributed by atoms with Crippen LogP contribution in [-0.2, 0) is 0 Å². The maximum atomic E-state index is 13.1. The standard InChI is InChI=1S/C24H26N4O3/c1-27-12-14-28(15-13-27)24(29)22-16-21(17-4-8-19(30-2)9-5-17)23(26-25-22)18-6-10-20(31-3)11-7-18/h4-11,16H,12-15H2,1-3H3. The number of amides is 1. The van der Waals surface area contributed by atoms with Crippen LogP contribution in [0.3, 0.4) is 0 Å². The molecule has 4 rings (SSSR count). The van der Waals surface area contributed by atoms with Crippen molar-refractivity contribution in [2.45, 2.75) is 0 Å². The van der Waals surface area contributed by atoms with Crippen LogP contribution in [0, 0.1) is 0 Å². The number of hydrogen-bond acceptors (Lipinski definition) is 6. The molecule has 3 aromatic rings. The molecule has 0 saturated carbocycles. The fourth-order valence-electron chi connectivity index (χ4n) is 3.62. The van der Waals surface area contributed by atoms with Crippen molar-refractivity contribution in [2.75, 3.05) is 47.4 Å². The zero-order chi connectivity index (χ0) is 21.8. The molecular formula is C24H26N4O3. The predicted molar refractivity (Wildman–Crippen MR) is 119 cm³/mol. The summed E-state index contributed by atoms with van der Waals surface area (Å²) in [5, 5.41) is 8.78. The van der Waals surface area contributed by atoms with E-state index < -0.39 is 0 Å². The van der Waals surface area contributed by atoms with Gasteiger partial charge in [-0.15, -0.1) is 10.2 Å². The van der Waals surface area contributed by atoms with Crippen LogP contribution in [0.1, 0.15) is 10.5 Å². The Morgan fingerprint density at radius 1 is 0.806 bits per heavy atom. The van der Waals surface area contributed by atoms with Gasteiger partial charge in [0, 0.05) is 37.3 Å². The summed E-state index contributed by atoms with van der Waals surface area (Å²) in [5.41, 5.74) is 3.75. The highest BCUT2D eigenvalue weighted by atomic mass is 16.5. The number of piperazine rings is 1. The SMILES string of the molecule is COc1ccc(-c2cc(C(=O)N3CCN(C)CC3)nnc2-c2ccc(OC)cc2)cc1. The molecule has 0 bridgehead atoms. The average molecular weight is 418 g/mol. The first kappa shape index (κ1) is 20.8. The second kappa shape index (κ2) is 9.14. The minimum Gasteiger partial charge on any atom is -0.497 e. The fraction of sp³-hybridized carbons (Fsp3) is 0.292. The third kappa shape index (κ3) is 4.51. The molecule has 1 aliphatic heterocycles. The fourth-order valence-corrected chi connectivity index (χ4v) is 3.62. The summed E-state index contributed by atoms with van der Waals surface area (Å²) in [6.07, 6.45) is 0. The van der Waals surface area contributed by atoms with E-state index in [0.717, 1.165) is 41.3 Å². The van der Waals surface area contributed by atoms with Gasteiger partial charge in [0.15, 0.2) is 5.69 Å². The molecule has 7 nitrogen and oxygen atoms in total. The molecule has 0 spiro atoms. The van der Waals surface area contributed by atoms with Crippen LogP contribution in [0.15, 0.2) is 54.6 Å². The Labute approximate surface area is 182 Å². The van der Waals surface area contributed by atoms with Crippen LogP contribution in [0.4, 0.5) is 0 Å². The number of carbonyl (C=O) groups is 1. The Bertz CT molecular complexity index is 1040. The number of benzene rings is 2. The number of rotatable bonds is 5. The van der Waals surface area contributed by atoms with Gasteiger partial charge in [-0.05, 0) is 55.1 Å². The molecule has 0 unspecified atom stereocenters. The maximum absolute atomic E-state index is 13.1. The van der Waals surface area contributed by atoms with Crippen molar-refractivity contribution in [3.05, 3.63) is 60.3 Å². The van der Waals surface area contributed by atoms with Crippen LogP contribution in [-0.4, -0.2) is 73.4 Å². The first-order valence-electron chi connectivity index (χ1n) is 10.2. The molecule has 1 fully saturated rings. The summed E-state index contributed by atoms with van der Waals surface area (Å²) in [5.74, 6) is 1.45. The van der Waals surface area contributed by atoms with Gasteiger partial charge in [-0.1, -0.05) is 12.1 Å². The number of aromatic nitrogens is 2. The molecule has 7 heteroatoms. The molecule has 0 N–H and O–H groups in total. The third-order valence-corrected chi connectivity index (χ3v) is 5.57. The van der Waals surface area contributed by atoms with Gasteiger partial charge in [-0.2, -0.15) is 0 Å². The van der Waals surface area contributed by atoms with E-state index in [0.29, 0.717) is 24.5 Å². The van der Waals surface area contributed by atoms with E-state index in [4.69, 9.17) is 9.47 Å². The normalized spacial score (nSPS) is 14.4. The van der Waals surface area contributed by atoms with Gasteiger partial charge < -0.3 is 19.3 Å². The minimum absolute atomic E-state index is 0.0864. The first-order chi connectivity index (χ1) is 15.1. The Kier molecular flexibility index (Phi) is 6.13. The van der Waals surface area contributed by atoms with Crippen molar-refractivity contribution in [2.24, 2.45) is 0 Å². The van der Waals surface area contributed by atoms with Crippen molar-refractivity contribution in [3.8, 4) is 33.9 Å². The molecule has 31 heavy (non-hydrogen) atoms. The number of carbonyl (C=O) groups excluding carboxylic acids is 1. The number of likely N-dealkylation sites (N-methyl/N-ethyl adjacent to an activating group) is 1. The zero-order valence-electron chi connectivity index (χ0n) is 18.0. The van der Waals surface area contributed by atoms with E-state index in [2.05, 4.69) is 22.1 Å². The predicted octanol–water partition coefficient (Wildman–Crippen LogP) is 3.22. The Hall–Kier alpha value is -3.45. The van der Waals surface area contributed by atoms with Crippen molar-refractivity contribution in [3.63, 3.8) is 0 Å².